The average molecular weight is 338 g/mol. The fraction of sp³-hybridized carbons (Fsp3) is 0.409. The Kier molecular flexibility index (Phi) is 5.75. The van der Waals surface area contributed by atoms with Crippen LogP contribution in [0, 0.1) is 0 Å². The van der Waals surface area contributed by atoms with Crippen molar-refractivity contribution in [3.63, 3.8) is 0 Å². The van der Waals surface area contributed by atoms with E-state index in [0.717, 1.165) is 24.3 Å². The molecule has 1 aliphatic carbocycles. The molecule has 0 saturated heterocycles. The van der Waals surface area contributed by atoms with E-state index >= 15 is 0 Å². The molecule has 3 rings (SSSR count). The largest absolute Gasteiger partial charge is 0.507 e. The van der Waals surface area contributed by atoms with Gasteiger partial charge in [0.25, 0.3) is 0 Å². The molecular formula is C22H26O3. The summed E-state index contributed by atoms with van der Waals surface area (Å²) in [7, 11) is 1.31. The van der Waals surface area contributed by atoms with Crippen LogP contribution in [0.3, 0.4) is 0 Å². The highest BCUT2D eigenvalue weighted by molar-refractivity contribution is 5.92. The van der Waals surface area contributed by atoms with Crippen LogP contribution < -0.4 is 0 Å². The maximum Gasteiger partial charge on any atom is 0.341 e. The number of aromatic hydroxyl groups is 1. The number of hydrogen-bond acceptors (Lipinski definition) is 3. The highest BCUT2D eigenvalue weighted by atomic mass is 16.5. The van der Waals surface area contributed by atoms with E-state index in [2.05, 4.69) is 29.0 Å². The van der Waals surface area contributed by atoms with Gasteiger partial charge >= 0.3 is 5.97 Å². The van der Waals surface area contributed by atoms with E-state index in [0.29, 0.717) is 0 Å². The average Bonchev–Trinajstić information content (AvgIpc) is 2.67. The molecule has 3 nitrogen and oxygen atoms in total. The van der Waals surface area contributed by atoms with Gasteiger partial charge in [0, 0.05) is 0 Å². The van der Waals surface area contributed by atoms with Gasteiger partial charge in [0.2, 0.25) is 0 Å². The Morgan fingerprint density at radius 3 is 2.28 bits per heavy atom. The van der Waals surface area contributed by atoms with Gasteiger partial charge < -0.3 is 9.84 Å². The van der Waals surface area contributed by atoms with Gasteiger partial charge in [0.05, 0.1) is 7.11 Å². The highest BCUT2D eigenvalue weighted by Gasteiger charge is 2.15. The zero-order valence-electron chi connectivity index (χ0n) is 14.8. The SMILES string of the molecule is COC(=O)c1ccc(CCc2ccc(C3CCCCC3)cc2)cc1O. The minimum absolute atomic E-state index is 0.0167. The summed E-state index contributed by atoms with van der Waals surface area (Å²) in [5.74, 6) is 0.213. The monoisotopic (exact) mass is 338 g/mol. The van der Waals surface area contributed by atoms with Crippen LogP contribution in [0.1, 0.15) is 65.1 Å². The molecule has 1 N–H and O–H groups in total. The molecule has 25 heavy (non-hydrogen) atoms. The van der Waals surface area contributed by atoms with E-state index in [-0.39, 0.29) is 11.3 Å². The second kappa shape index (κ2) is 8.19. The lowest BCUT2D eigenvalue weighted by Crippen LogP contribution is -2.04. The third kappa shape index (κ3) is 4.41. The van der Waals surface area contributed by atoms with E-state index in [9.17, 15) is 9.90 Å². The number of hydrogen-bond donors (Lipinski definition) is 1. The Hall–Kier alpha value is -2.29. The molecule has 0 heterocycles. The van der Waals surface area contributed by atoms with Crippen molar-refractivity contribution in [2.75, 3.05) is 7.11 Å². The fourth-order valence-corrected chi connectivity index (χ4v) is 3.70. The number of aryl methyl sites for hydroxylation is 2. The number of benzene rings is 2. The van der Waals surface area contributed by atoms with E-state index in [1.807, 2.05) is 6.07 Å². The third-order valence-corrected chi connectivity index (χ3v) is 5.23. The first-order chi connectivity index (χ1) is 12.2. The van der Waals surface area contributed by atoms with Crippen LogP contribution in [-0.4, -0.2) is 18.2 Å². The summed E-state index contributed by atoms with van der Waals surface area (Å²) in [6.45, 7) is 0. The van der Waals surface area contributed by atoms with Gasteiger partial charge in [-0.05, 0) is 60.4 Å². The maximum atomic E-state index is 11.5. The minimum atomic E-state index is -0.512. The molecule has 3 heteroatoms. The zero-order chi connectivity index (χ0) is 17.6. The summed E-state index contributed by atoms with van der Waals surface area (Å²) < 4.78 is 4.65. The predicted octanol–water partition coefficient (Wildman–Crippen LogP) is 5.01. The molecule has 0 aromatic heterocycles. The number of ether oxygens (including phenoxy) is 1. The van der Waals surface area contributed by atoms with Gasteiger partial charge in [-0.1, -0.05) is 49.6 Å². The molecule has 2 aromatic carbocycles. The van der Waals surface area contributed by atoms with E-state index in [1.54, 1.807) is 12.1 Å². The van der Waals surface area contributed by atoms with Gasteiger partial charge in [-0.15, -0.1) is 0 Å². The fourth-order valence-electron chi connectivity index (χ4n) is 3.70. The predicted molar refractivity (Wildman–Crippen MR) is 99.1 cm³/mol. The van der Waals surface area contributed by atoms with Crippen LogP contribution in [0.2, 0.25) is 0 Å². The molecular weight excluding hydrogens is 312 g/mol. The first-order valence-electron chi connectivity index (χ1n) is 9.16. The second-order valence-electron chi connectivity index (χ2n) is 6.92. The molecule has 0 radical (unpaired) electrons. The molecule has 2 aromatic rings. The molecule has 0 unspecified atom stereocenters. The van der Waals surface area contributed by atoms with E-state index in [1.165, 1.54) is 50.3 Å². The maximum absolute atomic E-state index is 11.5. The summed E-state index contributed by atoms with van der Waals surface area (Å²) >= 11 is 0. The van der Waals surface area contributed by atoms with Crippen molar-refractivity contribution in [3.05, 3.63) is 64.7 Å². The summed E-state index contributed by atoms with van der Waals surface area (Å²) in [6.07, 6.45) is 8.50. The Labute approximate surface area is 149 Å². The lowest BCUT2D eigenvalue weighted by Gasteiger charge is -2.22. The number of carbonyl (C=O) groups excluding carboxylic acids is 1. The van der Waals surface area contributed by atoms with Crippen LogP contribution in [-0.2, 0) is 17.6 Å². The normalized spacial score (nSPS) is 15.1. The second-order valence-corrected chi connectivity index (χ2v) is 6.92. The number of esters is 1. The van der Waals surface area contributed by atoms with Crippen molar-refractivity contribution in [1.29, 1.82) is 0 Å². The zero-order valence-corrected chi connectivity index (χ0v) is 14.8. The molecule has 0 atom stereocenters. The smallest absolute Gasteiger partial charge is 0.341 e. The third-order valence-electron chi connectivity index (χ3n) is 5.23. The number of rotatable bonds is 5. The number of methoxy groups -OCH3 is 1. The van der Waals surface area contributed by atoms with E-state index in [4.69, 9.17) is 0 Å². The van der Waals surface area contributed by atoms with Crippen molar-refractivity contribution in [2.24, 2.45) is 0 Å². The Bertz CT molecular complexity index is 713. The first-order valence-corrected chi connectivity index (χ1v) is 9.16. The first kappa shape index (κ1) is 17.5. The Morgan fingerprint density at radius 2 is 1.64 bits per heavy atom. The summed E-state index contributed by atoms with van der Waals surface area (Å²) in [6, 6.07) is 14.2. The number of phenolic OH excluding ortho intramolecular Hbond substituents is 1. The highest BCUT2D eigenvalue weighted by Crippen LogP contribution is 2.32. The van der Waals surface area contributed by atoms with Crippen molar-refractivity contribution < 1.29 is 14.6 Å². The lowest BCUT2D eigenvalue weighted by molar-refractivity contribution is 0.0597. The molecule has 1 fully saturated rings. The Balaban J connectivity index is 1.59. The topological polar surface area (TPSA) is 46.5 Å². The van der Waals surface area contributed by atoms with Crippen LogP contribution >= 0.6 is 0 Å². The molecule has 0 bridgehead atoms. The van der Waals surface area contributed by atoms with Crippen molar-refractivity contribution in [1.82, 2.24) is 0 Å². The van der Waals surface area contributed by atoms with Gasteiger partial charge in [-0.2, -0.15) is 0 Å². The van der Waals surface area contributed by atoms with Gasteiger partial charge in [0.15, 0.2) is 0 Å². The molecule has 0 amide bonds. The quantitative estimate of drug-likeness (QED) is 0.779. The molecule has 1 aliphatic rings. The van der Waals surface area contributed by atoms with Crippen molar-refractivity contribution in [2.45, 2.75) is 50.9 Å². The Morgan fingerprint density at radius 1 is 1.00 bits per heavy atom. The summed E-state index contributed by atoms with van der Waals surface area (Å²) in [5, 5.41) is 9.97. The van der Waals surface area contributed by atoms with Crippen molar-refractivity contribution >= 4 is 5.97 Å². The van der Waals surface area contributed by atoms with E-state index < -0.39 is 5.97 Å². The standard InChI is InChI=1S/C22H26O3/c1-25-22(24)20-14-11-17(15-21(20)23)8-7-16-9-12-19(13-10-16)18-5-3-2-4-6-18/h9-15,18,23H,2-8H2,1H3. The molecule has 132 valence electrons. The molecule has 0 aliphatic heterocycles. The summed E-state index contributed by atoms with van der Waals surface area (Å²) in [5.41, 5.74) is 4.00. The summed E-state index contributed by atoms with van der Waals surface area (Å²) in [4.78, 5) is 11.5. The van der Waals surface area contributed by atoms with Crippen LogP contribution in [0.4, 0.5) is 0 Å². The number of carbonyl (C=O) groups is 1. The van der Waals surface area contributed by atoms with Crippen LogP contribution in [0.5, 0.6) is 5.75 Å². The van der Waals surface area contributed by atoms with Crippen LogP contribution in [0.15, 0.2) is 42.5 Å². The molecule has 0 spiro atoms. The van der Waals surface area contributed by atoms with Gasteiger partial charge in [-0.3, -0.25) is 0 Å². The minimum Gasteiger partial charge on any atom is -0.507 e. The van der Waals surface area contributed by atoms with Crippen LogP contribution in [0.25, 0.3) is 0 Å². The van der Waals surface area contributed by atoms with Gasteiger partial charge in [-0.25, -0.2) is 4.79 Å². The lowest BCUT2D eigenvalue weighted by atomic mass is 9.84. The number of phenols is 1. The van der Waals surface area contributed by atoms with Crippen molar-refractivity contribution in [3.8, 4) is 5.75 Å². The van der Waals surface area contributed by atoms with Gasteiger partial charge in [0.1, 0.15) is 11.3 Å². The molecule has 1 saturated carbocycles.